The van der Waals surface area contributed by atoms with Crippen molar-refractivity contribution in [3.63, 3.8) is 0 Å². The van der Waals surface area contributed by atoms with Crippen molar-refractivity contribution >= 4 is 17.7 Å². The topological polar surface area (TPSA) is 46.5 Å². The van der Waals surface area contributed by atoms with Crippen molar-refractivity contribution in [1.82, 2.24) is 0 Å². The quantitative estimate of drug-likeness (QED) is 0.631. The first-order valence-electron chi connectivity index (χ1n) is 5.06. The average Bonchev–Trinajstić information content (AvgIpc) is 2.28. The molecule has 0 fully saturated rings. The van der Waals surface area contributed by atoms with E-state index in [1.54, 1.807) is 11.8 Å². The number of ether oxygens (including phenoxy) is 1. The molecule has 0 aliphatic heterocycles. The molecular weight excluding hydrogens is 224 g/mol. The van der Waals surface area contributed by atoms with Gasteiger partial charge < -0.3 is 9.84 Å². The summed E-state index contributed by atoms with van der Waals surface area (Å²) >= 11 is 1.55. The Morgan fingerprint density at radius 1 is 1.50 bits per heavy atom. The third-order valence-electron chi connectivity index (χ3n) is 2.15. The van der Waals surface area contributed by atoms with Gasteiger partial charge in [0.25, 0.3) is 0 Å². The van der Waals surface area contributed by atoms with Gasteiger partial charge >= 0.3 is 5.97 Å². The zero-order chi connectivity index (χ0) is 12.0. The molecule has 16 heavy (non-hydrogen) atoms. The van der Waals surface area contributed by atoms with E-state index in [2.05, 4.69) is 4.74 Å². The summed E-state index contributed by atoms with van der Waals surface area (Å²) in [5.74, 6) is 0.123. The predicted octanol–water partition coefficient (Wildman–Crippen LogP) is 2.01. The average molecular weight is 240 g/mol. The first-order valence-corrected chi connectivity index (χ1v) is 6.05. The number of aliphatic hydroxyl groups excluding tert-OH is 1. The van der Waals surface area contributed by atoms with E-state index in [1.807, 2.05) is 31.2 Å². The number of carbonyl (C=O) groups excluding carboxylic acids is 1. The van der Waals surface area contributed by atoms with Crippen molar-refractivity contribution in [2.45, 2.75) is 24.3 Å². The lowest BCUT2D eigenvalue weighted by atomic mass is 10.2. The highest BCUT2D eigenvalue weighted by molar-refractivity contribution is 7.99. The normalized spacial score (nSPS) is 12.2. The first kappa shape index (κ1) is 13.1. The summed E-state index contributed by atoms with van der Waals surface area (Å²) in [6.07, 6.45) is -0.605. The van der Waals surface area contributed by atoms with Crippen LogP contribution in [0.1, 0.15) is 12.0 Å². The Hall–Kier alpha value is -1.00. The minimum atomic E-state index is -0.656. The summed E-state index contributed by atoms with van der Waals surface area (Å²) in [7, 11) is 1.32. The molecule has 0 aromatic heterocycles. The van der Waals surface area contributed by atoms with Crippen LogP contribution in [0.15, 0.2) is 29.2 Å². The van der Waals surface area contributed by atoms with Gasteiger partial charge in [0, 0.05) is 10.6 Å². The Labute approximate surface area is 99.8 Å². The molecule has 3 nitrogen and oxygen atoms in total. The van der Waals surface area contributed by atoms with Crippen molar-refractivity contribution in [2.24, 2.45) is 0 Å². The standard InChI is InChI=1S/C12H16O3S/c1-9-5-3-4-6-11(9)16-8-10(13)7-12(14)15-2/h3-6,10,13H,7-8H2,1-2H3/t10-/m1/s1. The Balaban J connectivity index is 2.40. The highest BCUT2D eigenvalue weighted by Crippen LogP contribution is 2.22. The maximum Gasteiger partial charge on any atom is 0.308 e. The Morgan fingerprint density at radius 2 is 2.19 bits per heavy atom. The molecule has 1 aromatic rings. The van der Waals surface area contributed by atoms with E-state index in [4.69, 9.17) is 0 Å². The fourth-order valence-corrected chi connectivity index (χ4v) is 2.20. The molecule has 0 aliphatic carbocycles. The molecule has 0 amide bonds. The van der Waals surface area contributed by atoms with Crippen LogP contribution in [0.2, 0.25) is 0 Å². The van der Waals surface area contributed by atoms with Crippen LogP contribution in [0, 0.1) is 6.92 Å². The molecule has 0 spiro atoms. The molecule has 0 bridgehead atoms. The van der Waals surface area contributed by atoms with Crippen molar-refractivity contribution in [3.05, 3.63) is 29.8 Å². The van der Waals surface area contributed by atoms with Crippen molar-refractivity contribution in [1.29, 1.82) is 0 Å². The smallest absolute Gasteiger partial charge is 0.308 e. The van der Waals surface area contributed by atoms with Crippen LogP contribution in [0.4, 0.5) is 0 Å². The van der Waals surface area contributed by atoms with E-state index in [0.29, 0.717) is 5.75 Å². The molecule has 0 saturated heterocycles. The van der Waals surface area contributed by atoms with Crippen molar-refractivity contribution in [3.8, 4) is 0 Å². The van der Waals surface area contributed by atoms with Crippen LogP contribution in [-0.2, 0) is 9.53 Å². The SMILES string of the molecule is COC(=O)C[C@@H](O)CSc1ccccc1C. The molecule has 0 heterocycles. The van der Waals surface area contributed by atoms with Crippen molar-refractivity contribution < 1.29 is 14.6 Å². The number of rotatable bonds is 5. The molecule has 1 N–H and O–H groups in total. The van der Waals surface area contributed by atoms with Gasteiger partial charge in [-0.2, -0.15) is 0 Å². The highest BCUT2D eigenvalue weighted by atomic mass is 32.2. The van der Waals surface area contributed by atoms with E-state index in [0.717, 1.165) is 4.90 Å². The number of carbonyl (C=O) groups is 1. The molecule has 0 saturated carbocycles. The Kier molecular flexibility index (Phi) is 5.35. The van der Waals surface area contributed by atoms with Crippen LogP contribution in [0.3, 0.4) is 0 Å². The minimum Gasteiger partial charge on any atom is -0.469 e. The summed E-state index contributed by atoms with van der Waals surface area (Å²) in [4.78, 5) is 12.0. The van der Waals surface area contributed by atoms with Gasteiger partial charge in [0.15, 0.2) is 0 Å². The van der Waals surface area contributed by atoms with Gasteiger partial charge in [0.05, 0.1) is 19.6 Å². The van der Waals surface area contributed by atoms with Crippen LogP contribution in [0.5, 0.6) is 0 Å². The summed E-state index contributed by atoms with van der Waals surface area (Å²) in [5, 5.41) is 9.58. The largest absolute Gasteiger partial charge is 0.469 e. The fourth-order valence-electron chi connectivity index (χ4n) is 1.24. The molecule has 0 radical (unpaired) electrons. The van der Waals surface area contributed by atoms with Gasteiger partial charge in [-0.25, -0.2) is 0 Å². The van der Waals surface area contributed by atoms with Crippen LogP contribution in [-0.4, -0.2) is 30.0 Å². The maximum atomic E-state index is 10.9. The number of aryl methyl sites for hydroxylation is 1. The lowest BCUT2D eigenvalue weighted by Gasteiger charge is -2.10. The molecule has 0 aliphatic rings. The second kappa shape index (κ2) is 6.55. The number of hydrogen-bond donors (Lipinski definition) is 1. The number of thioether (sulfide) groups is 1. The molecule has 0 unspecified atom stereocenters. The molecule has 1 aromatic carbocycles. The van der Waals surface area contributed by atoms with E-state index >= 15 is 0 Å². The van der Waals surface area contributed by atoms with E-state index in [9.17, 15) is 9.90 Å². The highest BCUT2D eigenvalue weighted by Gasteiger charge is 2.11. The number of methoxy groups -OCH3 is 1. The zero-order valence-corrected chi connectivity index (χ0v) is 10.3. The second-order valence-electron chi connectivity index (χ2n) is 3.51. The minimum absolute atomic E-state index is 0.0510. The van der Waals surface area contributed by atoms with Gasteiger partial charge in [0.1, 0.15) is 0 Å². The molecule has 1 rings (SSSR count). The van der Waals surface area contributed by atoms with E-state index in [-0.39, 0.29) is 12.4 Å². The van der Waals surface area contributed by atoms with Gasteiger partial charge in [0.2, 0.25) is 0 Å². The summed E-state index contributed by atoms with van der Waals surface area (Å²) in [6, 6.07) is 7.96. The van der Waals surface area contributed by atoms with Gasteiger partial charge in [-0.3, -0.25) is 4.79 Å². The Morgan fingerprint density at radius 3 is 2.81 bits per heavy atom. The lowest BCUT2D eigenvalue weighted by molar-refractivity contribution is -0.142. The molecule has 1 atom stereocenters. The molecule has 88 valence electrons. The number of esters is 1. The third-order valence-corrected chi connectivity index (χ3v) is 3.48. The number of benzene rings is 1. The van der Waals surface area contributed by atoms with Crippen LogP contribution >= 0.6 is 11.8 Å². The summed E-state index contributed by atoms with van der Waals surface area (Å²) in [6.45, 7) is 2.02. The van der Waals surface area contributed by atoms with Crippen LogP contribution in [0.25, 0.3) is 0 Å². The second-order valence-corrected chi connectivity index (χ2v) is 4.57. The van der Waals surface area contributed by atoms with Gasteiger partial charge in [-0.1, -0.05) is 18.2 Å². The van der Waals surface area contributed by atoms with E-state index in [1.165, 1.54) is 12.7 Å². The lowest BCUT2D eigenvalue weighted by Crippen LogP contribution is -2.16. The first-order chi connectivity index (χ1) is 7.63. The van der Waals surface area contributed by atoms with Crippen LogP contribution < -0.4 is 0 Å². The number of hydrogen-bond acceptors (Lipinski definition) is 4. The fraction of sp³-hybridized carbons (Fsp3) is 0.417. The Bertz CT molecular complexity index is 352. The molecule has 4 heteroatoms. The van der Waals surface area contributed by atoms with Gasteiger partial charge in [-0.05, 0) is 18.6 Å². The predicted molar refractivity (Wildman–Crippen MR) is 64.5 cm³/mol. The van der Waals surface area contributed by atoms with Crippen molar-refractivity contribution in [2.75, 3.05) is 12.9 Å². The number of aliphatic hydroxyl groups is 1. The third kappa shape index (κ3) is 4.24. The van der Waals surface area contributed by atoms with Gasteiger partial charge in [-0.15, -0.1) is 11.8 Å². The van der Waals surface area contributed by atoms with E-state index < -0.39 is 6.10 Å². The summed E-state index contributed by atoms with van der Waals surface area (Å²) in [5.41, 5.74) is 1.18. The zero-order valence-electron chi connectivity index (χ0n) is 9.47. The molecular formula is C12H16O3S. The monoisotopic (exact) mass is 240 g/mol. The summed E-state index contributed by atoms with van der Waals surface area (Å²) < 4.78 is 4.49. The maximum absolute atomic E-state index is 10.9.